The van der Waals surface area contributed by atoms with Crippen molar-refractivity contribution in [1.29, 1.82) is 0 Å². The first-order valence-electron chi connectivity index (χ1n) is 5.69. The summed E-state index contributed by atoms with van der Waals surface area (Å²) < 4.78 is 0. The standard InChI is InChI=1S/C13H16N2O3/c16-7-13(8-17,9-18)15-12-6-5-10-3-1-2-4-11(10)14-12/h1-6,16-18H,7-9H2,(H,14,15). The van der Waals surface area contributed by atoms with Gasteiger partial charge in [0.2, 0.25) is 0 Å². The summed E-state index contributed by atoms with van der Waals surface area (Å²) in [5.41, 5.74) is -0.347. The average molecular weight is 248 g/mol. The highest BCUT2D eigenvalue weighted by Crippen LogP contribution is 2.17. The van der Waals surface area contributed by atoms with Gasteiger partial charge in [0.1, 0.15) is 11.4 Å². The molecule has 0 bridgehead atoms. The molecule has 0 unspecified atom stereocenters. The summed E-state index contributed by atoms with van der Waals surface area (Å²) in [6.07, 6.45) is 0. The van der Waals surface area contributed by atoms with Gasteiger partial charge in [-0.05, 0) is 18.2 Å². The topological polar surface area (TPSA) is 85.6 Å². The van der Waals surface area contributed by atoms with Gasteiger partial charge in [0.05, 0.1) is 25.3 Å². The highest BCUT2D eigenvalue weighted by Gasteiger charge is 2.28. The van der Waals surface area contributed by atoms with E-state index < -0.39 is 5.54 Å². The van der Waals surface area contributed by atoms with Gasteiger partial charge in [0.15, 0.2) is 0 Å². The lowest BCUT2D eigenvalue weighted by Crippen LogP contribution is -2.49. The molecular formula is C13H16N2O3. The first-order valence-corrected chi connectivity index (χ1v) is 5.69. The van der Waals surface area contributed by atoms with Crippen molar-refractivity contribution < 1.29 is 15.3 Å². The Hall–Kier alpha value is -1.69. The van der Waals surface area contributed by atoms with E-state index in [0.717, 1.165) is 10.9 Å². The zero-order valence-electron chi connectivity index (χ0n) is 9.87. The molecule has 2 rings (SSSR count). The Morgan fingerprint density at radius 2 is 1.61 bits per heavy atom. The molecule has 0 aliphatic carbocycles. The normalized spacial score (nSPS) is 11.7. The number of hydrogen-bond acceptors (Lipinski definition) is 5. The van der Waals surface area contributed by atoms with Crippen LogP contribution < -0.4 is 5.32 Å². The van der Waals surface area contributed by atoms with Crippen LogP contribution in [-0.2, 0) is 0 Å². The highest BCUT2D eigenvalue weighted by molar-refractivity contribution is 5.80. The summed E-state index contributed by atoms with van der Waals surface area (Å²) in [6.45, 7) is -1.14. The van der Waals surface area contributed by atoms with Crippen molar-refractivity contribution in [3.63, 3.8) is 0 Å². The molecule has 5 nitrogen and oxygen atoms in total. The van der Waals surface area contributed by atoms with Gasteiger partial charge in [-0.2, -0.15) is 0 Å². The molecule has 1 aromatic heterocycles. The van der Waals surface area contributed by atoms with Crippen LogP contribution >= 0.6 is 0 Å². The molecule has 5 heteroatoms. The lowest BCUT2D eigenvalue weighted by atomic mass is 10.0. The van der Waals surface area contributed by atoms with Crippen molar-refractivity contribution in [2.24, 2.45) is 0 Å². The Morgan fingerprint density at radius 1 is 0.944 bits per heavy atom. The van der Waals surface area contributed by atoms with Crippen LogP contribution in [0, 0.1) is 0 Å². The average Bonchev–Trinajstić information content (AvgIpc) is 2.45. The number of aliphatic hydroxyl groups is 3. The first kappa shape index (κ1) is 12.8. The molecule has 0 spiro atoms. The minimum absolute atomic E-state index is 0.380. The number of nitrogens with zero attached hydrogens (tertiary/aromatic N) is 1. The molecule has 18 heavy (non-hydrogen) atoms. The van der Waals surface area contributed by atoms with Crippen LogP contribution in [0.15, 0.2) is 36.4 Å². The maximum absolute atomic E-state index is 9.24. The van der Waals surface area contributed by atoms with Crippen molar-refractivity contribution in [3.8, 4) is 0 Å². The van der Waals surface area contributed by atoms with Crippen LogP contribution in [0.2, 0.25) is 0 Å². The van der Waals surface area contributed by atoms with Gasteiger partial charge < -0.3 is 20.6 Å². The Bertz CT molecular complexity index is 518. The van der Waals surface area contributed by atoms with Crippen LogP contribution in [-0.4, -0.2) is 45.7 Å². The molecule has 0 aliphatic rings. The summed E-state index contributed by atoms with van der Waals surface area (Å²) in [4.78, 5) is 4.36. The van der Waals surface area contributed by atoms with Crippen LogP contribution in [0.1, 0.15) is 0 Å². The van der Waals surface area contributed by atoms with Crippen LogP contribution in [0.5, 0.6) is 0 Å². The number of aromatic nitrogens is 1. The van der Waals surface area contributed by atoms with Crippen molar-refractivity contribution >= 4 is 16.7 Å². The van der Waals surface area contributed by atoms with Crippen LogP contribution in [0.25, 0.3) is 10.9 Å². The molecular weight excluding hydrogens is 232 g/mol. The van der Waals surface area contributed by atoms with Gasteiger partial charge in [-0.1, -0.05) is 18.2 Å². The second kappa shape index (κ2) is 5.30. The summed E-state index contributed by atoms with van der Waals surface area (Å²) >= 11 is 0. The third-order valence-electron chi connectivity index (χ3n) is 2.90. The molecule has 2 aromatic rings. The number of nitrogens with one attached hydrogen (secondary N) is 1. The third-order valence-corrected chi connectivity index (χ3v) is 2.90. The zero-order chi connectivity index (χ0) is 13.0. The van der Waals surface area contributed by atoms with E-state index in [2.05, 4.69) is 10.3 Å². The fourth-order valence-electron chi connectivity index (χ4n) is 1.68. The molecule has 0 saturated carbocycles. The summed E-state index contributed by atoms with van der Waals surface area (Å²) in [5, 5.41) is 31.6. The minimum atomic E-state index is -1.16. The number of aliphatic hydroxyl groups excluding tert-OH is 3. The molecule has 0 atom stereocenters. The predicted octanol–water partition coefficient (Wildman–Crippen LogP) is 0.362. The predicted molar refractivity (Wildman–Crippen MR) is 69.4 cm³/mol. The van der Waals surface area contributed by atoms with E-state index in [-0.39, 0.29) is 19.8 Å². The lowest BCUT2D eigenvalue weighted by Gasteiger charge is -2.29. The maximum Gasteiger partial charge on any atom is 0.127 e. The fraction of sp³-hybridized carbons (Fsp3) is 0.308. The Balaban J connectivity index is 2.31. The summed E-state index contributed by atoms with van der Waals surface area (Å²) in [5.74, 6) is 0.505. The molecule has 1 heterocycles. The fourth-order valence-corrected chi connectivity index (χ4v) is 1.68. The molecule has 0 fully saturated rings. The number of anilines is 1. The molecule has 0 amide bonds. The smallest absolute Gasteiger partial charge is 0.127 e. The Kier molecular flexibility index (Phi) is 3.76. The van der Waals surface area contributed by atoms with E-state index >= 15 is 0 Å². The maximum atomic E-state index is 9.24. The van der Waals surface area contributed by atoms with Crippen molar-refractivity contribution in [2.75, 3.05) is 25.1 Å². The number of hydrogen-bond donors (Lipinski definition) is 4. The second-order valence-corrected chi connectivity index (χ2v) is 4.27. The summed E-state index contributed by atoms with van der Waals surface area (Å²) in [6, 6.07) is 11.3. The van der Waals surface area contributed by atoms with E-state index in [4.69, 9.17) is 0 Å². The van der Waals surface area contributed by atoms with Gasteiger partial charge in [0, 0.05) is 5.39 Å². The molecule has 0 aliphatic heterocycles. The van der Waals surface area contributed by atoms with Crippen LogP contribution in [0.4, 0.5) is 5.82 Å². The zero-order valence-corrected chi connectivity index (χ0v) is 9.87. The van der Waals surface area contributed by atoms with Gasteiger partial charge in [-0.25, -0.2) is 4.98 Å². The number of fused-ring (bicyclic) bond motifs is 1. The largest absolute Gasteiger partial charge is 0.394 e. The van der Waals surface area contributed by atoms with Crippen molar-refractivity contribution in [2.45, 2.75) is 5.54 Å². The Labute approximate surface area is 105 Å². The Morgan fingerprint density at radius 3 is 2.28 bits per heavy atom. The molecule has 1 aromatic carbocycles. The first-order chi connectivity index (χ1) is 8.73. The van der Waals surface area contributed by atoms with Gasteiger partial charge in [0.25, 0.3) is 0 Å². The van der Waals surface area contributed by atoms with Crippen molar-refractivity contribution in [1.82, 2.24) is 4.98 Å². The SMILES string of the molecule is OCC(CO)(CO)Nc1ccc2ccccc2n1. The van der Waals surface area contributed by atoms with Gasteiger partial charge in [-0.15, -0.1) is 0 Å². The van der Waals surface area contributed by atoms with E-state index in [0.29, 0.717) is 5.82 Å². The van der Waals surface area contributed by atoms with Crippen LogP contribution in [0.3, 0.4) is 0 Å². The second-order valence-electron chi connectivity index (χ2n) is 4.27. The monoisotopic (exact) mass is 248 g/mol. The highest BCUT2D eigenvalue weighted by atomic mass is 16.3. The third kappa shape index (κ3) is 2.43. The van der Waals surface area contributed by atoms with Gasteiger partial charge >= 0.3 is 0 Å². The number of benzene rings is 1. The molecule has 4 N–H and O–H groups in total. The summed E-state index contributed by atoms with van der Waals surface area (Å²) in [7, 11) is 0. The molecule has 96 valence electrons. The van der Waals surface area contributed by atoms with E-state index in [1.54, 1.807) is 6.07 Å². The quantitative estimate of drug-likeness (QED) is 0.614. The number of para-hydroxylation sites is 1. The lowest BCUT2D eigenvalue weighted by molar-refractivity contribution is 0.0831. The number of rotatable bonds is 5. The number of pyridine rings is 1. The van der Waals surface area contributed by atoms with E-state index in [1.807, 2.05) is 30.3 Å². The van der Waals surface area contributed by atoms with Crippen molar-refractivity contribution in [3.05, 3.63) is 36.4 Å². The minimum Gasteiger partial charge on any atom is -0.394 e. The van der Waals surface area contributed by atoms with Gasteiger partial charge in [-0.3, -0.25) is 0 Å². The van der Waals surface area contributed by atoms with E-state index in [9.17, 15) is 15.3 Å². The molecule has 0 radical (unpaired) electrons. The molecule has 0 saturated heterocycles. The van der Waals surface area contributed by atoms with E-state index in [1.165, 1.54) is 0 Å².